The Kier molecular flexibility index (Phi) is 4.81. The summed E-state index contributed by atoms with van der Waals surface area (Å²) in [4.78, 5) is 0. The zero-order valence-electron chi connectivity index (χ0n) is 11.9. The van der Waals surface area contributed by atoms with Crippen molar-refractivity contribution in [3.8, 4) is 17.6 Å². The van der Waals surface area contributed by atoms with Crippen molar-refractivity contribution in [1.82, 2.24) is 0 Å². The monoisotopic (exact) mass is 265 g/mol. The van der Waals surface area contributed by atoms with E-state index >= 15 is 0 Å². The van der Waals surface area contributed by atoms with Gasteiger partial charge in [0, 0.05) is 5.56 Å². The second-order valence-corrected chi connectivity index (χ2v) is 4.69. The van der Waals surface area contributed by atoms with Crippen LogP contribution in [0.1, 0.15) is 22.3 Å². The summed E-state index contributed by atoms with van der Waals surface area (Å²) in [5, 5.41) is 0. The third-order valence-corrected chi connectivity index (χ3v) is 3.22. The Morgan fingerprint density at radius 1 is 1.00 bits per heavy atom. The van der Waals surface area contributed by atoms with Crippen LogP contribution in [0.15, 0.2) is 42.5 Å². The molecule has 0 bridgehead atoms. The van der Waals surface area contributed by atoms with Gasteiger partial charge in [-0.25, -0.2) is 0 Å². The highest BCUT2D eigenvalue weighted by Gasteiger charge is 2.03. The Morgan fingerprint density at radius 2 is 1.65 bits per heavy atom. The van der Waals surface area contributed by atoms with Crippen LogP contribution in [0.2, 0.25) is 0 Å². The number of hydrogen-bond acceptors (Lipinski definition) is 2. The SMILES string of the molecule is Cc1cccc(C)c1COc1ccc(C#CCN)cc1. The van der Waals surface area contributed by atoms with Gasteiger partial charge in [-0.2, -0.15) is 0 Å². The zero-order chi connectivity index (χ0) is 14.4. The molecule has 0 spiro atoms. The summed E-state index contributed by atoms with van der Waals surface area (Å²) in [6.45, 7) is 5.19. The van der Waals surface area contributed by atoms with Gasteiger partial charge < -0.3 is 10.5 Å². The zero-order valence-corrected chi connectivity index (χ0v) is 11.9. The summed E-state index contributed by atoms with van der Waals surface area (Å²) in [5.74, 6) is 6.68. The van der Waals surface area contributed by atoms with Crippen LogP contribution in [-0.4, -0.2) is 6.54 Å². The maximum absolute atomic E-state index is 5.84. The molecule has 2 aromatic rings. The number of hydrogen-bond donors (Lipinski definition) is 1. The topological polar surface area (TPSA) is 35.2 Å². The fraction of sp³-hybridized carbons (Fsp3) is 0.222. The molecular weight excluding hydrogens is 246 g/mol. The average molecular weight is 265 g/mol. The fourth-order valence-corrected chi connectivity index (χ4v) is 2.02. The normalized spacial score (nSPS) is 9.75. The molecule has 0 aliphatic carbocycles. The molecule has 0 unspecified atom stereocenters. The van der Waals surface area contributed by atoms with E-state index in [9.17, 15) is 0 Å². The Morgan fingerprint density at radius 3 is 2.25 bits per heavy atom. The van der Waals surface area contributed by atoms with Crippen molar-refractivity contribution in [2.75, 3.05) is 6.54 Å². The molecule has 2 heteroatoms. The minimum absolute atomic E-state index is 0.380. The smallest absolute Gasteiger partial charge is 0.119 e. The van der Waals surface area contributed by atoms with Crippen LogP contribution >= 0.6 is 0 Å². The molecule has 0 aliphatic rings. The van der Waals surface area contributed by atoms with Gasteiger partial charge in [0.2, 0.25) is 0 Å². The van der Waals surface area contributed by atoms with E-state index in [-0.39, 0.29) is 0 Å². The lowest BCUT2D eigenvalue weighted by atomic mass is 10.0. The second kappa shape index (κ2) is 6.79. The predicted octanol–water partition coefficient (Wildman–Crippen LogP) is 3.19. The van der Waals surface area contributed by atoms with Gasteiger partial charge in [0.1, 0.15) is 12.4 Å². The highest BCUT2D eigenvalue weighted by atomic mass is 16.5. The van der Waals surface area contributed by atoms with E-state index in [2.05, 4.69) is 43.9 Å². The lowest BCUT2D eigenvalue weighted by molar-refractivity contribution is 0.304. The van der Waals surface area contributed by atoms with Crippen LogP contribution in [0, 0.1) is 25.7 Å². The maximum Gasteiger partial charge on any atom is 0.119 e. The van der Waals surface area contributed by atoms with Crippen LogP contribution < -0.4 is 10.5 Å². The standard InChI is InChI=1S/C18H19NO/c1-14-5-3-6-15(2)18(14)13-20-17-10-8-16(9-11-17)7-4-12-19/h3,5-6,8-11H,12-13,19H2,1-2H3. The molecule has 0 saturated heterocycles. The predicted molar refractivity (Wildman–Crippen MR) is 82.6 cm³/mol. The van der Waals surface area contributed by atoms with E-state index in [0.717, 1.165) is 11.3 Å². The van der Waals surface area contributed by atoms with Gasteiger partial charge in [-0.3, -0.25) is 0 Å². The van der Waals surface area contributed by atoms with Crippen molar-refractivity contribution in [2.45, 2.75) is 20.5 Å². The average Bonchev–Trinajstić information content (AvgIpc) is 2.46. The highest BCUT2D eigenvalue weighted by molar-refractivity contribution is 5.39. The van der Waals surface area contributed by atoms with E-state index in [1.54, 1.807) is 0 Å². The molecule has 2 rings (SSSR count). The van der Waals surface area contributed by atoms with Gasteiger partial charge in [0.25, 0.3) is 0 Å². The van der Waals surface area contributed by atoms with Gasteiger partial charge in [-0.15, -0.1) is 0 Å². The minimum Gasteiger partial charge on any atom is -0.489 e. The molecule has 2 aromatic carbocycles. The quantitative estimate of drug-likeness (QED) is 0.865. The van der Waals surface area contributed by atoms with Crippen molar-refractivity contribution in [1.29, 1.82) is 0 Å². The molecule has 102 valence electrons. The molecule has 0 atom stereocenters. The van der Waals surface area contributed by atoms with Crippen molar-refractivity contribution in [3.63, 3.8) is 0 Å². The first-order valence-corrected chi connectivity index (χ1v) is 6.67. The summed E-state index contributed by atoms with van der Waals surface area (Å²) in [5.41, 5.74) is 10.1. The highest BCUT2D eigenvalue weighted by Crippen LogP contribution is 2.18. The number of rotatable bonds is 3. The van der Waals surface area contributed by atoms with Gasteiger partial charge >= 0.3 is 0 Å². The van der Waals surface area contributed by atoms with Crippen LogP contribution in [0.4, 0.5) is 0 Å². The molecule has 0 heterocycles. The maximum atomic E-state index is 5.84. The minimum atomic E-state index is 0.380. The second-order valence-electron chi connectivity index (χ2n) is 4.69. The van der Waals surface area contributed by atoms with E-state index in [0.29, 0.717) is 13.2 Å². The Bertz CT molecular complexity index is 612. The van der Waals surface area contributed by atoms with E-state index in [4.69, 9.17) is 10.5 Å². The Labute approximate surface area is 120 Å². The van der Waals surface area contributed by atoms with Crippen LogP contribution in [0.3, 0.4) is 0 Å². The van der Waals surface area contributed by atoms with Gasteiger partial charge in [-0.05, 0) is 54.8 Å². The Balaban J connectivity index is 2.04. The first kappa shape index (κ1) is 14.2. The van der Waals surface area contributed by atoms with Gasteiger partial charge in [0.15, 0.2) is 0 Å². The van der Waals surface area contributed by atoms with E-state index in [1.807, 2.05) is 24.3 Å². The van der Waals surface area contributed by atoms with Crippen LogP contribution in [0.5, 0.6) is 5.75 Å². The molecule has 0 radical (unpaired) electrons. The van der Waals surface area contributed by atoms with Crippen molar-refractivity contribution in [3.05, 3.63) is 64.7 Å². The molecule has 0 saturated carbocycles. The number of aryl methyl sites for hydroxylation is 2. The summed E-state index contributed by atoms with van der Waals surface area (Å²) in [7, 11) is 0. The molecule has 0 aromatic heterocycles. The third kappa shape index (κ3) is 3.63. The summed E-state index contributed by atoms with van der Waals surface area (Å²) in [6, 6.07) is 14.1. The molecule has 0 aliphatic heterocycles. The first-order valence-electron chi connectivity index (χ1n) is 6.67. The number of ether oxygens (including phenoxy) is 1. The summed E-state index contributed by atoms with van der Waals surface area (Å²) in [6.07, 6.45) is 0. The van der Waals surface area contributed by atoms with Gasteiger partial charge in [-0.1, -0.05) is 30.0 Å². The third-order valence-electron chi connectivity index (χ3n) is 3.22. The lowest BCUT2D eigenvalue weighted by Crippen LogP contribution is -2.00. The molecular formula is C18H19NO. The van der Waals surface area contributed by atoms with E-state index < -0.39 is 0 Å². The number of benzene rings is 2. The fourth-order valence-electron chi connectivity index (χ4n) is 2.02. The van der Waals surface area contributed by atoms with Crippen LogP contribution in [-0.2, 0) is 6.61 Å². The van der Waals surface area contributed by atoms with Crippen molar-refractivity contribution in [2.24, 2.45) is 5.73 Å². The largest absolute Gasteiger partial charge is 0.489 e. The molecule has 20 heavy (non-hydrogen) atoms. The summed E-state index contributed by atoms with van der Waals surface area (Å²) < 4.78 is 5.84. The van der Waals surface area contributed by atoms with Gasteiger partial charge in [0.05, 0.1) is 6.54 Å². The molecule has 0 amide bonds. The molecule has 2 nitrogen and oxygen atoms in total. The van der Waals surface area contributed by atoms with E-state index in [1.165, 1.54) is 16.7 Å². The molecule has 0 fully saturated rings. The van der Waals surface area contributed by atoms with Crippen LogP contribution in [0.25, 0.3) is 0 Å². The number of nitrogens with two attached hydrogens (primary N) is 1. The van der Waals surface area contributed by atoms with Crippen molar-refractivity contribution >= 4 is 0 Å². The summed E-state index contributed by atoms with van der Waals surface area (Å²) >= 11 is 0. The molecule has 2 N–H and O–H groups in total. The Hall–Kier alpha value is -2.24. The van der Waals surface area contributed by atoms with Crippen molar-refractivity contribution < 1.29 is 4.74 Å². The lowest BCUT2D eigenvalue weighted by Gasteiger charge is -2.11. The first-order chi connectivity index (χ1) is 9.70.